The van der Waals surface area contributed by atoms with E-state index in [1.165, 1.54) is 11.1 Å². The Kier molecular flexibility index (Phi) is 3.32. The molecule has 0 saturated heterocycles. The zero-order valence-electron chi connectivity index (χ0n) is 8.86. The van der Waals surface area contributed by atoms with Crippen molar-refractivity contribution in [1.29, 1.82) is 0 Å². The number of nitrogens with one attached hydrogen (secondary N) is 1. The minimum absolute atomic E-state index is 0.200. The molecule has 1 aromatic carbocycles. The molecular formula is C11H14BrNO. The predicted molar refractivity (Wildman–Crippen MR) is 63.3 cm³/mol. The van der Waals surface area contributed by atoms with Crippen LogP contribution < -0.4 is 5.32 Å². The average molecular weight is 256 g/mol. The lowest BCUT2D eigenvalue weighted by Crippen LogP contribution is -2.06. The summed E-state index contributed by atoms with van der Waals surface area (Å²) in [5, 5.41) is 2.80. The largest absolute Gasteiger partial charge is 0.316 e. The molecule has 0 aromatic heterocycles. The Balaban J connectivity index is 3.31. The third kappa shape index (κ3) is 2.15. The smallest absolute Gasteiger partial charge is 0.291 e. The van der Waals surface area contributed by atoms with Crippen molar-refractivity contribution in [3.05, 3.63) is 28.3 Å². The van der Waals surface area contributed by atoms with Gasteiger partial charge in [0.25, 0.3) is 4.82 Å². The first kappa shape index (κ1) is 11.2. The SMILES string of the molecule is Cc1cc(C)c(C)c(NC(=O)Br)c1C. The van der Waals surface area contributed by atoms with Crippen molar-refractivity contribution in [2.75, 3.05) is 5.32 Å². The molecule has 1 rings (SSSR count). The van der Waals surface area contributed by atoms with Crippen LogP contribution in [0, 0.1) is 27.7 Å². The monoisotopic (exact) mass is 255 g/mol. The van der Waals surface area contributed by atoms with Crippen molar-refractivity contribution in [1.82, 2.24) is 0 Å². The molecule has 76 valence electrons. The van der Waals surface area contributed by atoms with Crippen molar-refractivity contribution >= 4 is 26.4 Å². The minimum Gasteiger partial charge on any atom is -0.316 e. The fraction of sp³-hybridized carbons (Fsp3) is 0.364. The van der Waals surface area contributed by atoms with Crippen LogP contribution >= 0.6 is 15.9 Å². The van der Waals surface area contributed by atoms with Gasteiger partial charge in [-0.05, 0) is 49.9 Å². The van der Waals surface area contributed by atoms with Crippen LogP contribution in [-0.2, 0) is 0 Å². The van der Waals surface area contributed by atoms with Crippen LogP contribution in [0.2, 0.25) is 0 Å². The van der Waals surface area contributed by atoms with Crippen LogP contribution in [0.3, 0.4) is 0 Å². The highest BCUT2D eigenvalue weighted by Gasteiger charge is 2.09. The summed E-state index contributed by atoms with van der Waals surface area (Å²) in [6.45, 7) is 8.12. The van der Waals surface area contributed by atoms with Crippen LogP contribution in [0.25, 0.3) is 0 Å². The van der Waals surface area contributed by atoms with Gasteiger partial charge in [-0.1, -0.05) is 6.07 Å². The third-order valence-electron chi connectivity index (χ3n) is 2.59. The van der Waals surface area contributed by atoms with E-state index in [4.69, 9.17) is 0 Å². The minimum atomic E-state index is -0.200. The molecule has 0 bridgehead atoms. The summed E-state index contributed by atoms with van der Waals surface area (Å²) in [5.74, 6) is 0. The van der Waals surface area contributed by atoms with E-state index < -0.39 is 0 Å². The molecule has 1 amide bonds. The first-order valence-corrected chi connectivity index (χ1v) is 5.26. The molecule has 3 heteroatoms. The van der Waals surface area contributed by atoms with Crippen molar-refractivity contribution in [2.24, 2.45) is 0 Å². The summed E-state index contributed by atoms with van der Waals surface area (Å²) in [4.78, 5) is 10.7. The van der Waals surface area contributed by atoms with E-state index in [1.54, 1.807) is 0 Å². The number of amides is 1. The maximum absolute atomic E-state index is 10.9. The molecule has 0 unspecified atom stereocenters. The summed E-state index contributed by atoms with van der Waals surface area (Å²) < 4.78 is 0. The number of carbonyl (C=O) groups excluding carboxylic acids is 1. The topological polar surface area (TPSA) is 29.1 Å². The number of hydrogen-bond donors (Lipinski definition) is 1. The van der Waals surface area contributed by atoms with Gasteiger partial charge in [-0.2, -0.15) is 0 Å². The average Bonchev–Trinajstić information content (AvgIpc) is 2.09. The lowest BCUT2D eigenvalue weighted by atomic mass is 9.99. The van der Waals surface area contributed by atoms with Gasteiger partial charge < -0.3 is 5.32 Å². The molecule has 0 atom stereocenters. The first-order chi connectivity index (χ1) is 6.43. The van der Waals surface area contributed by atoms with Crippen LogP contribution in [0.15, 0.2) is 6.07 Å². The molecule has 14 heavy (non-hydrogen) atoms. The van der Waals surface area contributed by atoms with Crippen LogP contribution in [0.4, 0.5) is 10.5 Å². The molecule has 1 N–H and O–H groups in total. The Morgan fingerprint density at radius 1 is 1.14 bits per heavy atom. The van der Waals surface area contributed by atoms with Crippen molar-refractivity contribution < 1.29 is 4.79 Å². The molecule has 0 heterocycles. The van der Waals surface area contributed by atoms with Gasteiger partial charge in [0.2, 0.25) is 0 Å². The molecule has 0 aliphatic heterocycles. The Hall–Kier alpha value is -0.830. The van der Waals surface area contributed by atoms with Gasteiger partial charge in [-0.3, -0.25) is 4.79 Å². The molecule has 2 nitrogen and oxygen atoms in total. The number of hydrogen-bond acceptors (Lipinski definition) is 1. The van der Waals surface area contributed by atoms with Crippen LogP contribution in [0.5, 0.6) is 0 Å². The standard InChI is InChI=1S/C11H14BrNO/c1-6-5-7(2)9(4)10(8(6)3)13-11(12)14/h5H,1-4H3,(H,13,14). The van der Waals surface area contributed by atoms with E-state index in [9.17, 15) is 4.79 Å². The van der Waals surface area contributed by atoms with Crippen molar-refractivity contribution in [2.45, 2.75) is 27.7 Å². The van der Waals surface area contributed by atoms with Gasteiger partial charge >= 0.3 is 0 Å². The van der Waals surface area contributed by atoms with E-state index in [1.807, 2.05) is 27.7 Å². The second-order valence-corrected chi connectivity index (χ2v) is 4.25. The van der Waals surface area contributed by atoms with Gasteiger partial charge in [-0.25, -0.2) is 0 Å². The Morgan fingerprint density at radius 2 is 1.57 bits per heavy atom. The Morgan fingerprint density at radius 3 is 1.93 bits per heavy atom. The maximum atomic E-state index is 10.9. The second-order valence-electron chi connectivity index (χ2n) is 3.53. The van der Waals surface area contributed by atoms with E-state index in [0.717, 1.165) is 16.8 Å². The number of aryl methyl sites for hydroxylation is 2. The lowest BCUT2D eigenvalue weighted by Gasteiger charge is -2.14. The maximum Gasteiger partial charge on any atom is 0.291 e. The number of benzene rings is 1. The van der Waals surface area contributed by atoms with Crippen molar-refractivity contribution in [3.63, 3.8) is 0 Å². The van der Waals surface area contributed by atoms with Gasteiger partial charge in [0.15, 0.2) is 0 Å². The number of carbonyl (C=O) groups is 1. The predicted octanol–water partition coefficient (Wildman–Crippen LogP) is 3.85. The number of rotatable bonds is 1. The highest BCUT2D eigenvalue weighted by Crippen LogP contribution is 2.26. The fourth-order valence-corrected chi connectivity index (χ4v) is 1.70. The Labute approximate surface area is 92.8 Å². The first-order valence-electron chi connectivity index (χ1n) is 4.47. The zero-order chi connectivity index (χ0) is 10.9. The van der Waals surface area contributed by atoms with Gasteiger partial charge in [0.05, 0.1) is 0 Å². The van der Waals surface area contributed by atoms with E-state index in [-0.39, 0.29) is 4.82 Å². The summed E-state index contributed by atoms with van der Waals surface area (Å²) in [6, 6.07) is 2.13. The molecule has 1 aromatic rings. The molecule has 0 aliphatic carbocycles. The summed E-state index contributed by atoms with van der Waals surface area (Å²) in [6.07, 6.45) is 0. The van der Waals surface area contributed by atoms with E-state index in [0.29, 0.717) is 0 Å². The highest BCUT2D eigenvalue weighted by molar-refractivity contribution is 9.18. The van der Waals surface area contributed by atoms with Gasteiger partial charge in [-0.15, -0.1) is 0 Å². The lowest BCUT2D eigenvalue weighted by molar-refractivity contribution is 0.270. The third-order valence-corrected chi connectivity index (χ3v) is 2.79. The normalized spacial score (nSPS) is 10.1. The number of anilines is 1. The second kappa shape index (κ2) is 4.13. The summed E-state index contributed by atoms with van der Waals surface area (Å²) in [7, 11) is 0. The zero-order valence-corrected chi connectivity index (χ0v) is 10.4. The van der Waals surface area contributed by atoms with Gasteiger partial charge in [0, 0.05) is 21.6 Å². The van der Waals surface area contributed by atoms with Crippen molar-refractivity contribution in [3.8, 4) is 0 Å². The van der Waals surface area contributed by atoms with Gasteiger partial charge in [0.1, 0.15) is 0 Å². The number of halogens is 1. The van der Waals surface area contributed by atoms with Crippen LogP contribution in [-0.4, -0.2) is 4.82 Å². The van der Waals surface area contributed by atoms with E-state index in [2.05, 4.69) is 27.3 Å². The van der Waals surface area contributed by atoms with Crippen LogP contribution in [0.1, 0.15) is 22.3 Å². The molecule has 0 aliphatic rings. The van der Waals surface area contributed by atoms with E-state index >= 15 is 0 Å². The molecule has 0 radical (unpaired) electrons. The molecule has 0 fully saturated rings. The highest BCUT2D eigenvalue weighted by atomic mass is 79.9. The molecule has 0 saturated carbocycles. The molecular weight excluding hydrogens is 242 g/mol. The summed E-state index contributed by atoms with van der Waals surface area (Å²) >= 11 is 2.88. The summed E-state index contributed by atoms with van der Waals surface area (Å²) in [5.41, 5.74) is 5.57. The molecule has 0 spiro atoms. The fourth-order valence-electron chi connectivity index (χ4n) is 1.50. The quantitative estimate of drug-likeness (QED) is 0.600. The Bertz CT molecular complexity index is 359.